The molecule has 0 radical (unpaired) electrons. The highest BCUT2D eigenvalue weighted by Gasteiger charge is 2.24. The molecule has 1 aromatic heterocycles. The minimum Gasteiger partial charge on any atom is -0.321 e. The molecule has 0 bridgehead atoms. The number of hydrogen-bond acceptors (Lipinski definition) is 3. The van der Waals surface area contributed by atoms with Gasteiger partial charge in [-0.2, -0.15) is 0 Å². The van der Waals surface area contributed by atoms with E-state index >= 15 is 0 Å². The lowest BCUT2D eigenvalue weighted by Crippen LogP contribution is -2.35. The molecule has 1 heterocycles. The van der Waals surface area contributed by atoms with E-state index in [0.29, 0.717) is 6.42 Å². The summed E-state index contributed by atoms with van der Waals surface area (Å²) >= 11 is 1.66. The molecular formula is C14H17FN2S. The third-order valence-corrected chi connectivity index (χ3v) is 4.15. The highest BCUT2D eigenvalue weighted by molar-refractivity contribution is 7.11. The van der Waals surface area contributed by atoms with E-state index in [2.05, 4.69) is 4.98 Å². The van der Waals surface area contributed by atoms with Crippen LogP contribution in [0.4, 0.5) is 4.39 Å². The first-order valence-electron chi connectivity index (χ1n) is 5.86. The van der Waals surface area contributed by atoms with E-state index in [-0.39, 0.29) is 5.82 Å². The first kappa shape index (κ1) is 13.2. The van der Waals surface area contributed by atoms with E-state index in [1.165, 1.54) is 17.0 Å². The lowest BCUT2D eigenvalue weighted by Gasteiger charge is -2.24. The van der Waals surface area contributed by atoms with Crippen LogP contribution in [-0.2, 0) is 12.0 Å². The summed E-state index contributed by atoms with van der Waals surface area (Å²) in [6.45, 7) is 5.95. The van der Waals surface area contributed by atoms with E-state index in [1.54, 1.807) is 17.4 Å². The van der Waals surface area contributed by atoms with E-state index in [1.807, 2.05) is 26.8 Å². The SMILES string of the molecule is Cc1nc(CC(C)(N)c2cccc(F)c2)sc1C. The molecule has 1 aromatic carbocycles. The van der Waals surface area contributed by atoms with Gasteiger partial charge in [-0.25, -0.2) is 9.37 Å². The fourth-order valence-corrected chi connectivity index (χ4v) is 2.98. The van der Waals surface area contributed by atoms with E-state index in [4.69, 9.17) is 5.73 Å². The monoisotopic (exact) mass is 264 g/mol. The van der Waals surface area contributed by atoms with Gasteiger partial charge < -0.3 is 5.73 Å². The molecule has 2 nitrogen and oxygen atoms in total. The van der Waals surface area contributed by atoms with Gasteiger partial charge in [0.2, 0.25) is 0 Å². The Morgan fingerprint density at radius 1 is 1.39 bits per heavy atom. The Hall–Kier alpha value is -1.26. The molecule has 0 aliphatic carbocycles. The van der Waals surface area contributed by atoms with Crippen LogP contribution in [0.2, 0.25) is 0 Å². The molecule has 96 valence electrons. The average molecular weight is 264 g/mol. The van der Waals surface area contributed by atoms with Crippen LogP contribution < -0.4 is 5.73 Å². The van der Waals surface area contributed by atoms with Crippen molar-refractivity contribution in [2.75, 3.05) is 0 Å². The Morgan fingerprint density at radius 2 is 2.11 bits per heavy atom. The fourth-order valence-electron chi connectivity index (χ4n) is 1.87. The van der Waals surface area contributed by atoms with Crippen LogP contribution in [0.15, 0.2) is 24.3 Å². The Morgan fingerprint density at radius 3 is 2.67 bits per heavy atom. The maximum Gasteiger partial charge on any atom is 0.123 e. The van der Waals surface area contributed by atoms with E-state index in [9.17, 15) is 4.39 Å². The summed E-state index contributed by atoms with van der Waals surface area (Å²) in [5.41, 5.74) is 7.55. The lowest BCUT2D eigenvalue weighted by molar-refractivity contribution is 0.485. The smallest absolute Gasteiger partial charge is 0.123 e. The molecule has 0 aliphatic heterocycles. The zero-order chi connectivity index (χ0) is 13.3. The quantitative estimate of drug-likeness (QED) is 0.923. The third-order valence-electron chi connectivity index (χ3n) is 3.08. The molecular weight excluding hydrogens is 247 g/mol. The summed E-state index contributed by atoms with van der Waals surface area (Å²) in [6, 6.07) is 6.47. The van der Waals surface area contributed by atoms with Gasteiger partial charge >= 0.3 is 0 Å². The van der Waals surface area contributed by atoms with E-state index in [0.717, 1.165) is 16.3 Å². The van der Waals surface area contributed by atoms with E-state index < -0.39 is 5.54 Å². The first-order valence-corrected chi connectivity index (χ1v) is 6.68. The van der Waals surface area contributed by atoms with Gasteiger partial charge in [0.05, 0.1) is 10.7 Å². The molecule has 2 N–H and O–H groups in total. The van der Waals surface area contributed by atoms with Gasteiger partial charge in [-0.15, -0.1) is 11.3 Å². The molecule has 1 unspecified atom stereocenters. The molecule has 0 aliphatic rings. The summed E-state index contributed by atoms with van der Waals surface area (Å²) in [7, 11) is 0. The van der Waals surface area contributed by atoms with Gasteiger partial charge in [0.15, 0.2) is 0 Å². The second kappa shape index (κ2) is 4.78. The Balaban J connectivity index is 2.26. The van der Waals surface area contributed by atoms with Crippen molar-refractivity contribution in [3.63, 3.8) is 0 Å². The molecule has 0 spiro atoms. The van der Waals surface area contributed by atoms with Crippen LogP contribution in [0, 0.1) is 19.7 Å². The third kappa shape index (κ3) is 2.76. The first-order chi connectivity index (χ1) is 8.38. The predicted molar refractivity (Wildman–Crippen MR) is 73.2 cm³/mol. The van der Waals surface area contributed by atoms with Crippen molar-refractivity contribution in [1.82, 2.24) is 4.98 Å². The van der Waals surface area contributed by atoms with Crippen LogP contribution >= 0.6 is 11.3 Å². The zero-order valence-electron chi connectivity index (χ0n) is 10.8. The fraction of sp³-hybridized carbons (Fsp3) is 0.357. The molecule has 0 amide bonds. The van der Waals surface area contributed by atoms with Crippen LogP contribution in [0.1, 0.15) is 28.1 Å². The Bertz CT molecular complexity index is 541. The molecule has 2 rings (SSSR count). The van der Waals surface area contributed by atoms with Gasteiger partial charge in [-0.1, -0.05) is 12.1 Å². The zero-order valence-corrected chi connectivity index (χ0v) is 11.6. The molecule has 1 atom stereocenters. The van der Waals surface area contributed by atoms with Crippen molar-refractivity contribution in [3.8, 4) is 0 Å². The molecule has 18 heavy (non-hydrogen) atoms. The van der Waals surface area contributed by atoms with Gasteiger partial charge in [-0.05, 0) is 38.5 Å². The second-order valence-electron chi connectivity index (χ2n) is 4.85. The normalized spacial score (nSPS) is 14.5. The maximum atomic E-state index is 13.2. The van der Waals surface area contributed by atoms with Gasteiger partial charge in [0.25, 0.3) is 0 Å². The number of nitrogens with two attached hydrogens (primary N) is 1. The summed E-state index contributed by atoms with van der Waals surface area (Å²) in [6.07, 6.45) is 0.621. The number of rotatable bonds is 3. The van der Waals surface area contributed by atoms with Crippen LogP contribution in [0.25, 0.3) is 0 Å². The predicted octanol–water partition coefficient (Wildman–Crippen LogP) is 3.32. The Labute approximate surface area is 111 Å². The van der Waals surface area contributed by atoms with Crippen LogP contribution in [0.5, 0.6) is 0 Å². The van der Waals surface area contributed by atoms with Crippen molar-refractivity contribution in [3.05, 3.63) is 51.2 Å². The minimum atomic E-state index is -0.598. The number of halogens is 1. The molecule has 0 saturated heterocycles. The second-order valence-corrected chi connectivity index (χ2v) is 6.14. The van der Waals surface area contributed by atoms with Gasteiger partial charge in [0, 0.05) is 16.8 Å². The largest absolute Gasteiger partial charge is 0.321 e. The Kier molecular flexibility index (Phi) is 3.50. The van der Waals surface area contributed by atoms with Crippen molar-refractivity contribution < 1.29 is 4.39 Å². The van der Waals surface area contributed by atoms with Gasteiger partial charge in [0.1, 0.15) is 5.82 Å². The number of hydrogen-bond donors (Lipinski definition) is 1. The molecule has 2 aromatic rings. The standard InChI is InChI=1S/C14H17FN2S/c1-9-10(2)18-13(17-9)8-14(3,16)11-5-4-6-12(15)7-11/h4-7H,8,16H2,1-3H3. The number of benzene rings is 1. The molecule has 0 fully saturated rings. The van der Waals surface area contributed by atoms with Crippen molar-refractivity contribution in [2.24, 2.45) is 5.73 Å². The maximum absolute atomic E-state index is 13.2. The summed E-state index contributed by atoms with van der Waals surface area (Å²) in [4.78, 5) is 5.70. The lowest BCUT2D eigenvalue weighted by atomic mass is 9.90. The molecule has 0 saturated carbocycles. The minimum absolute atomic E-state index is 0.254. The molecule has 4 heteroatoms. The summed E-state index contributed by atoms with van der Waals surface area (Å²) in [5, 5.41) is 0.999. The van der Waals surface area contributed by atoms with Crippen LogP contribution in [0.3, 0.4) is 0 Å². The number of aryl methyl sites for hydroxylation is 2. The van der Waals surface area contributed by atoms with Crippen molar-refractivity contribution in [2.45, 2.75) is 32.7 Å². The highest BCUT2D eigenvalue weighted by Crippen LogP contribution is 2.26. The topological polar surface area (TPSA) is 38.9 Å². The average Bonchev–Trinajstić information content (AvgIpc) is 2.57. The number of thiazole rings is 1. The van der Waals surface area contributed by atoms with Gasteiger partial charge in [-0.3, -0.25) is 0 Å². The summed E-state index contributed by atoms with van der Waals surface area (Å²) in [5.74, 6) is -0.254. The summed E-state index contributed by atoms with van der Waals surface area (Å²) < 4.78 is 13.2. The highest BCUT2D eigenvalue weighted by atomic mass is 32.1. The number of aromatic nitrogens is 1. The van der Waals surface area contributed by atoms with Crippen molar-refractivity contribution >= 4 is 11.3 Å². The van der Waals surface area contributed by atoms with Crippen LogP contribution in [-0.4, -0.2) is 4.98 Å². The van der Waals surface area contributed by atoms with Crippen molar-refractivity contribution in [1.29, 1.82) is 0 Å². The number of nitrogens with zero attached hydrogens (tertiary/aromatic N) is 1.